The summed E-state index contributed by atoms with van der Waals surface area (Å²) in [4.78, 5) is 47.1. The molecule has 0 radical (unpaired) electrons. The molecule has 0 bridgehead atoms. The van der Waals surface area contributed by atoms with Crippen molar-refractivity contribution < 1.29 is 29.4 Å². The summed E-state index contributed by atoms with van der Waals surface area (Å²) in [6.07, 6.45) is -0.573. The third-order valence-electron chi connectivity index (χ3n) is 4.01. The molecule has 10 nitrogen and oxygen atoms in total. The highest BCUT2D eigenvalue weighted by Gasteiger charge is 2.29. The number of nitrogens with two attached hydrogens (primary N) is 2. The Hall–Kier alpha value is -3.14. The normalized spacial score (nSPS) is 14.0. The third-order valence-corrected chi connectivity index (χ3v) is 4.01. The van der Waals surface area contributed by atoms with E-state index in [1.807, 2.05) is 0 Å². The highest BCUT2D eigenvalue weighted by Crippen LogP contribution is 2.12. The summed E-state index contributed by atoms with van der Waals surface area (Å²) in [7, 11) is 0. The van der Waals surface area contributed by atoms with Crippen molar-refractivity contribution >= 4 is 23.7 Å². The Labute approximate surface area is 162 Å². The predicted molar refractivity (Wildman–Crippen MR) is 99.9 cm³/mol. The van der Waals surface area contributed by atoms with Crippen LogP contribution in [0.3, 0.4) is 0 Å². The van der Waals surface area contributed by atoms with Gasteiger partial charge in [-0.25, -0.2) is 0 Å². The van der Waals surface area contributed by atoms with Crippen LogP contribution in [-0.2, 0) is 25.6 Å². The van der Waals surface area contributed by atoms with Crippen LogP contribution in [0.5, 0.6) is 5.75 Å². The van der Waals surface area contributed by atoms with Crippen LogP contribution in [-0.4, -0.2) is 52.0 Å². The molecule has 3 atom stereocenters. The van der Waals surface area contributed by atoms with Crippen molar-refractivity contribution in [1.29, 1.82) is 0 Å². The fourth-order valence-electron chi connectivity index (χ4n) is 2.46. The van der Waals surface area contributed by atoms with Gasteiger partial charge in [0.1, 0.15) is 17.8 Å². The average molecular weight is 394 g/mol. The van der Waals surface area contributed by atoms with Crippen LogP contribution in [0.15, 0.2) is 24.3 Å². The minimum atomic E-state index is -1.34. The number of phenols is 1. The smallest absolute Gasteiger partial charge is 0.305 e. The van der Waals surface area contributed by atoms with Crippen molar-refractivity contribution in [3.63, 3.8) is 0 Å². The highest BCUT2D eigenvalue weighted by atomic mass is 16.4. The molecule has 0 aromatic heterocycles. The molecule has 0 saturated heterocycles. The molecular formula is C18H26N4O6. The number of hydrogen-bond acceptors (Lipinski definition) is 6. The molecule has 1 aromatic carbocycles. The number of hydrogen-bond donors (Lipinski definition) is 6. The second kappa shape index (κ2) is 10.3. The highest BCUT2D eigenvalue weighted by molar-refractivity contribution is 5.93. The number of phenolic OH excluding ortho intramolecular Hbond substituents is 1. The van der Waals surface area contributed by atoms with Crippen LogP contribution in [0.2, 0.25) is 0 Å². The fourth-order valence-corrected chi connectivity index (χ4v) is 2.46. The lowest BCUT2D eigenvalue weighted by molar-refractivity contribution is -0.139. The van der Waals surface area contributed by atoms with E-state index in [9.17, 15) is 24.3 Å². The monoisotopic (exact) mass is 394 g/mol. The number of benzene rings is 1. The lowest BCUT2D eigenvalue weighted by atomic mass is 10.0. The number of carboxylic acid groups (broad SMARTS) is 1. The quantitative estimate of drug-likeness (QED) is 0.289. The van der Waals surface area contributed by atoms with Crippen molar-refractivity contribution in [2.24, 2.45) is 17.4 Å². The molecule has 0 saturated carbocycles. The minimum Gasteiger partial charge on any atom is -0.508 e. The Morgan fingerprint density at radius 3 is 2.07 bits per heavy atom. The maximum Gasteiger partial charge on any atom is 0.305 e. The van der Waals surface area contributed by atoms with Gasteiger partial charge in [-0.1, -0.05) is 26.0 Å². The maximum atomic E-state index is 12.7. The van der Waals surface area contributed by atoms with Crippen LogP contribution in [0, 0.1) is 5.92 Å². The number of carboxylic acids is 1. The van der Waals surface area contributed by atoms with Crippen molar-refractivity contribution in [3.8, 4) is 5.75 Å². The van der Waals surface area contributed by atoms with Crippen LogP contribution in [0.4, 0.5) is 0 Å². The van der Waals surface area contributed by atoms with Gasteiger partial charge in [0.15, 0.2) is 0 Å². The zero-order valence-electron chi connectivity index (χ0n) is 15.7. The van der Waals surface area contributed by atoms with Gasteiger partial charge in [0.05, 0.1) is 12.5 Å². The molecule has 10 heteroatoms. The summed E-state index contributed by atoms with van der Waals surface area (Å²) >= 11 is 0. The first kappa shape index (κ1) is 22.9. The Bertz CT molecular complexity index is 719. The molecule has 0 aliphatic heterocycles. The number of carbonyl (C=O) groups excluding carboxylic acids is 3. The van der Waals surface area contributed by atoms with E-state index in [-0.39, 0.29) is 18.1 Å². The van der Waals surface area contributed by atoms with Gasteiger partial charge in [0, 0.05) is 6.42 Å². The van der Waals surface area contributed by atoms with Crippen molar-refractivity contribution in [2.75, 3.05) is 0 Å². The predicted octanol–water partition coefficient (Wildman–Crippen LogP) is -1.15. The summed E-state index contributed by atoms with van der Waals surface area (Å²) < 4.78 is 0. The number of aliphatic carboxylic acids is 1. The topological polar surface area (TPSA) is 185 Å². The molecular weight excluding hydrogens is 368 g/mol. The van der Waals surface area contributed by atoms with Crippen LogP contribution < -0.4 is 22.1 Å². The first-order chi connectivity index (χ1) is 13.0. The van der Waals surface area contributed by atoms with Gasteiger partial charge < -0.3 is 32.3 Å². The van der Waals surface area contributed by atoms with E-state index >= 15 is 0 Å². The fraction of sp³-hybridized carbons (Fsp3) is 0.444. The second-order valence-corrected chi connectivity index (χ2v) is 6.77. The standard InChI is InChI=1S/C18H26N4O6/c1-9(2)15(16(20)26)22-18(28)13(7-10-3-5-11(23)6-4-10)21-17(27)12(19)8-14(24)25/h3-6,9,12-13,15,23H,7-8,19H2,1-2H3,(H2,20,26)(H,21,27)(H,22,28)(H,24,25)/t12-,13-,15-/m0/s1. The Balaban J connectivity index is 3.00. The molecule has 0 fully saturated rings. The van der Waals surface area contributed by atoms with E-state index in [1.165, 1.54) is 12.1 Å². The Morgan fingerprint density at radius 1 is 1.04 bits per heavy atom. The Morgan fingerprint density at radius 2 is 1.61 bits per heavy atom. The van der Waals surface area contributed by atoms with Crippen molar-refractivity contribution in [1.82, 2.24) is 10.6 Å². The van der Waals surface area contributed by atoms with Crippen LogP contribution in [0.1, 0.15) is 25.8 Å². The molecule has 8 N–H and O–H groups in total. The lowest BCUT2D eigenvalue weighted by Crippen LogP contribution is -2.57. The molecule has 0 unspecified atom stereocenters. The number of nitrogens with one attached hydrogen (secondary N) is 2. The molecule has 1 aromatic rings. The van der Waals surface area contributed by atoms with E-state index in [0.29, 0.717) is 5.56 Å². The first-order valence-corrected chi connectivity index (χ1v) is 8.66. The summed E-state index contributed by atoms with van der Waals surface area (Å²) in [5.74, 6) is -3.70. The Kier molecular flexibility index (Phi) is 8.39. The van der Waals surface area contributed by atoms with E-state index in [2.05, 4.69) is 10.6 Å². The molecule has 0 aliphatic carbocycles. The van der Waals surface area contributed by atoms with Gasteiger partial charge in [-0.2, -0.15) is 0 Å². The SMILES string of the molecule is CC(C)[C@H](NC(=O)[C@H](Cc1ccc(O)cc1)NC(=O)[C@@H](N)CC(=O)O)C(N)=O. The number of aromatic hydroxyl groups is 1. The van der Waals surface area contributed by atoms with E-state index in [1.54, 1.807) is 26.0 Å². The molecule has 0 heterocycles. The second-order valence-electron chi connectivity index (χ2n) is 6.77. The zero-order chi connectivity index (χ0) is 21.4. The molecule has 3 amide bonds. The van der Waals surface area contributed by atoms with Gasteiger partial charge in [0.2, 0.25) is 17.7 Å². The number of carbonyl (C=O) groups is 4. The summed E-state index contributed by atoms with van der Waals surface area (Å²) in [5.41, 5.74) is 11.5. The van der Waals surface area contributed by atoms with Gasteiger partial charge in [-0.05, 0) is 23.6 Å². The zero-order valence-corrected chi connectivity index (χ0v) is 15.7. The largest absolute Gasteiger partial charge is 0.508 e. The summed E-state index contributed by atoms with van der Waals surface area (Å²) in [6.45, 7) is 3.40. The van der Waals surface area contributed by atoms with E-state index in [4.69, 9.17) is 16.6 Å². The van der Waals surface area contributed by atoms with E-state index < -0.39 is 48.2 Å². The van der Waals surface area contributed by atoms with Crippen LogP contribution >= 0.6 is 0 Å². The first-order valence-electron chi connectivity index (χ1n) is 8.66. The van der Waals surface area contributed by atoms with Crippen molar-refractivity contribution in [2.45, 2.75) is 44.8 Å². The summed E-state index contributed by atoms with van der Waals surface area (Å²) in [5, 5.41) is 23.0. The molecule has 0 aliphatic rings. The van der Waals surface area contributed by atoms with Gasteiger partial charge >= 0.3 is 5.97 Å². The number of rotatable bonds is 10. The summed E-state index contributed by atoms with van der Waals surface area (Å²) in [6, 6.07) is 2.55. The lowest BCUT2D eigenvalue weighted by Gasteiger charge is -2.24. The third kappa shape index (κ3) is 7.23. The maximum absolute atomic E-state index is 12.7. The number of primary amides is 1. The minimum absolute atomic E-state index is 0.0290. The van der Waals surface area contributed by atoms with Crippen LogP contribution in [0.25, 0.3) is 0 Å². The average Bonchev–Trinajstić information content (AvgIpc) is 2.59. The molecule has 0 spiro atoms. The van der Waals surface area contributed by atoms with Gasteiger partial charge in [0.25, 0.3) is 0 Å². The van der Waals surface area contributed by atoms with E-state index in [0.717, 1.165) is 0 Å². The molecule has 28 heavy (non-hydrogen) atoms. The van der Waals surface area contributed by atoms with Crippen molar-refractivity contribution in [3.05, 3.63) is 29.8 Å². The van der Waals surface area contributed by atoms with Gasteiger partial charge in [-0.3, -0.25) is 19.2 Å². The number of amides is 3. The van der Waals surface area contributed by atoms with Gasteiger partial charge in [-0.15, -0.1) is 0 Å². The molecule has 154 valence electrons. The molecule has 1 rings (SSSR count).